The summed E-state index contributed by atoms with van der Waals surface area (Å²) >= 11 is 3.69. The number of epoxide rings is 1. The van der Waals surface area contributed by atoms with E-state index >= 15 is 0 Å². The van der Waals surface area contributed by atoms with Gasteiger partial charge in [0.05, 0.1) is 11.5 Å². The molecule has 2 aliphatic rings. The molecule has 2 atom stereocenters. The standard InChI is InChI=1S/C21H37BrO3Si/c1-14(2)26(15(3)4,16(5)6)25-19(23)20(7,8)13-18-21(24-18)12-10-9-11-17(21)22/h11,14-16,18H,9-10,12-13H2,1-8H3/t18-,21-/m1/s1. The van der Waals surface area contributed by atoms with Crippen LogP contribution < -0.4 is 0 Å². The smallest absolute Gasteiger partial charge is 0.298 e. The summed E-state index contributed by atoms with van der Waals surface area (Å²) in [5, 5.41) is 0. The first-order chi connectivity index (χ1) is 11.9. The number of hydrogen-bond donors (Lipinski definition) is 0. The fourth-order valence-corrected chi connectivity index (χ4v) is 11.0. The van der Waals surface area contributed by atoms with E-state index in [2.05, 4.69) is 63.5 Å². The van der Waals surface area contributed by atoms with E-state index < -0.39 is 13.7 Å². The van der Waals surface area contributed by atoms with Crippen molar-refractivity contribution in [2.75, 3.05) is 0 Å². The molecule has 150 valence electrons. The fraction of sp³-hybridized carbons (Fsp3) is 0.857. The van der Waals surface area contributed by atoms with Crippen LogP contribution in [-0.4, -0.2) is 26.0 Å². The maximum absolute atomic E-state index is 13.2. The highest BCUT2D eigenvalue weighted by Crippen LogP contribution is 2.55. The van der Waals surface area contributed by atoms with Crippen molar-refractivity contribution < 1.29 is 14.0 Å². The van der Waals surface area contributed by atoms with E-state index in [1.54, 1.807) is 0 Å². The van der Waals surface area contributed by atoms with E-state index in [0.717, 1.165) is 19.3 Å². The summed E-state index contributed by atoms with van der Waals surface area (Å²) in [6.45, 7) is 17.3. The predicted molar refractivity (Wildman–Crippen MR) is 114 cm³/mol. The van der Waals surface area contributed by atoms with Gasteiger partial charge in [0.15, 0.2) is 0 Å². The number of carbonyl (C=O) groups excluding carboxylic acids is 1. The molecule has 0 N–H and O–H groups in total. The van der Waals surface area contributed by atoms with Gasteiger partial charge in [0.1, 0.15) is 5.60 Å². The van der Waals surface area contributed by atoms with Crippen molar-refractivity contribution in [3.63, 3.8) is 0 Å². The summed E-state index contributed by atoms with van der Waals surface area (Å²) in [6, 6.07) is 0. The molecule has 1 aliphatic carbocycles. The van der Waals surface area contributed by atoms with Crippen molar-refractivity contribution >= 4 is 30.2 Å². The predicted octanol–water partition coefficient (Wildman–Crippen LogP) is 6.72. The van der Waals surface area contributed by atoms with Gasteiger partial charge in [0.25, 0.3) is 14.3 Å². The van der Waals surface area contributed by atoms with E-state index in [-0.39, 0.29) is 17.7 Å². The Kier molecular flexibility index (Phi) is 6.57. The Morgan fingerprint density at radius 2 is 1.81 bits per heavy atom. The lowest BCUT2D eigenvalue weighted by atomic mass is 9.82. The Morgan fingerprint density at radius 3 is 2.27 bits per heavy atom. The zero-order valence-electron chi connectivity index (χ0n) is 17.8. The van der Waals surface area contributed by atoms with Crippen LogP contribution in [-0.2, 0) is 14.0 Å². The molecule has 1 fully saturated rings. The Labute approximate surface area is 169 Å². The monoisotopic (exact) mass is 444 g/mol. The van der Waals surface area contributed by atoms with Crippen molar-refractivity contribution in [3.8, 4) is 0 Å². The molecule has 0 aromatic carbocycles. The van der Waals surface area contributed by atoms with Gasteiger partial charge in [0, 0.05) is 4.48 Å². The van der Waals surface area contributed by atoms with Crippen LogP contribution in [0.5, 0.6) is 0 Å². The molecule has 1 aliphatic heterocycles. The second kappa shape index (κ2) is 7.71. The number of rotatable bonds is 7. The van der Waals surface area contributed by atoms with Crippen LogP contribution in [0.15, 0.2) is 10.6 Å². The second-order valence-electron chi connectivity index (χ2n) is 9.74. The first kappa shape index (κ1) is 22.2. The molecule has 0 saturated carbocycles. The van der Waals surface area contributed by atoms with Gasteiger partial charge in [-0.05, 0) is 56.2 Å². The van der Waals surface area contributed by atoms with Gasteiger partial charge in [-0.1, -0.05) is 63.5 Å². The number of hydrogen-bond acceptors (Lipinski definition) is 3. The largest absolute Gasteiger partial charge is 0.518 e. The zero-order chi connectivity index (χ0) is 19.9. The second-order valence-corrected chi connectivity index (χ2v) is 16.0. The SMILES string of the molecule is CC(C)[Si](OC(=O)C(C)(C)C[C@H]1O[C@@]12CCCC=C2Br)(C(C)C)C(C)C. The fourth-order valence-electron chi connectivity index (χ4n) is 4.94. The zero-order valence-corrected chi connectivity index (χ0v) is 20.4. The molecule has 1 heterocycles. The molecule has 0 aromatic rings. The summed E-state index contributed by atoms with van der Waals surface area (Å²) in [4.78, 5) is 13.2. The molecule has 0 amide bonds. The highest BCUT2D eigenvalue weighted by molar-refractivity contribution is 9.11. The Bertz CT molecular complexity index is 546. The molecule has 0 aromatic heterocycles. The molecule has 26 heavy (non-hydrogen) atoms. The van der Waals surface area contributed by atoms with Gasteiger partial charge in [-0.2, -0.15) is 0 Å². The lowest BCUT2D eigenvalue weighted by Crippen LogP contribution is -2.51. The first-order valence-corrected chi connectivity index (χ1v) is 13.1. The summed E-state index contributed by atoms with van der Waals surface area (Å²) in [6.07, 6.45) is 6.36. The number of halogens is 1. The number of carbonyl (C=O) groups is 1. The lowest BCUT2D eigenvalue weighted by Gasteiger charge is -2.43. The quantitative estimate of drug-likeness (QED) is 0.322. The number of ether oxygens (including phenoxy) is 1. The van der Waals surface area contributed by atoms with E-state index in [4.69, 9.17) is 9.16 Å². The molecule has 0 unspecified atom stereocenters. The van der Waals surface area contributed by atoms with Crippen LogP contribution in [0.1, 0.15) is 81.1 Å². The molecule has 0 bridgehead atoms. The van der Waals surface area contributed by atoms with Crippen molar-refractivity contribution in [1.29, 1.82) is 0 Å². The third-order valence-corrected chi connectivity index (χ3v) is 13.5. The lowest BCUT2D eigenvalue weighted by molar-refractivity contribution is -0.146. The van der Waals surface area contributed by atoms with Crippen LogP contribution in [0.25, 0.3) is 0 Å². The average Bonchev–Trinajstić information content (AvgIpc) is 3.18. The molecular formula is C21H37BrO3Si. The van der Waals surface area contributed by atoms with Gasteiger partial charge in [-0.25, -0.2) is 0 Å². The van der Waals surface area contributed by atoms with E-state index in [1.807, 2.05) is 13.8 Å². The third kappa shape index (κ3) is 3.86. The van der Waals surface area contributed by atoms with Gasteiger partial charge in [-0.3, -0.25) is 4.79 Å². The molecule has 1 spiro atoms. The molecule has 2 rings (SSSR count). The van der Waals surface area contributed by atoms with Gasteiger partial charge >= 0.3 is 0 Å². The molecule has 3 nitrogen and oxygen atoms in total. The maximum atomic E-state index is 13.2. The summed E-state index contributed by atoms with van der Waals surface area (Å²) in [5.74, 6) is -0.0400. The molecular weight excluding hydrogens is 408 g/mol. The van der Waals surface area contributed by atoms with Gasteiger partial charge in [-0.15, -0.1) is 0 Å². The Balaban J connectivity index is 2.12. The Morgan fingerprint density at radius 1 is 1.27 bits per heavy atom. The minimum absolute atomic E-state index is 0.0400. The molecule has 1 saturated heterocycles. The molecule has 0 radical (unpaired) electrons. The van der Waals surface area contributed by atoms with Crippen molar-refractivity contribution in [2.24, 2.45) is 5.41 Å². The normalized spacial score (nSPS) is 26.6. The van der Waals surface area contributed by atoms with Gasteiger partial charge in [0.2, 0.25) is 0 Å². The van der Waals surface area contributed by atoms with E-state index in [1.165, 1.54) is 4.48 Å². The summed E-state index contributed by atoms with van der Waals surface area (Å²) in [7, 11) is -2.20. The average molecular weight is 446 g/mol. The summed E-state index contributed by atoms with van der Waals surface area (Å²) < 4.78 is 13.7. The van der Waals surface area contributed by atoms with Crippen molar-refractivity contribution in [2.45, 2.75) is 109 Å². The highest BCUT2D eigenvalue weighted by Gasteiger charge is 2.61. The van der Waals surface area contributed by atoms with Crippen LogP contribution in [0.3, 0.4) is 0 Å². The van der Waals surface area contributed by atoms with Crippen molar-refractivity contribution in [3.05, 3.63) is 10.6 Å². The summed E-state index contributed by atoms with van der Waals surface area (Å²) in [5.41, 5.74) is 0.512. The minimum atomic E-state index is -2.20. The van der Waals surface area contributed by atoms with E-state index in [9.17, 15) is 4.79 Å². The Hall–Kier alpha value is -0.133. The molecule has 5 heteroatoms. The minimum Gasteiger partial charge on any atom is -0.518 e. The first-order valence-electron chi connectivity index (χ1n) is 10.2. The third-order valence-electron chi connectivity index (χ3n) is 6.52. The van der Waals surface area contributed by atoms with Crippen LogP contribution in [0, 0.1) is 5.41 Å². The topological polar surface area (TPSA) is 38.8 Å². The maximum Gasteiger partial charge on any atom is 0.298 e. The van der Waals surface area contributed by atoms with Crippen molar-refractivity contribution in [1.82, 2.24) is 0 Å². The van der Waals surface area contributed by atoms with Crippen LogP contribution in [0.4, 0.5) is 0 Å². The van der Waals surface area contributed by atoms with E-state index in [0.29, 0.717) is 23.0 Å². The van der Waals surface area contributed by atoms with Crippen LogP contribution >= 0.6 is 15.9 Å². The van der Waals surface area contributed by atoms with Gasteiger partial charge < -0.3 is 9.16 Å². The number of allylic oxidation sites excluding steroid dienone is 1. The van der Waals surface area contributed by atoms with Crippen LogP contribution in [0.2, 0.25) is 16.6 Å². The highest BCUT2D eigenvalue weighted by atomic mass is 79.9.